The van der Waals surface area contributed by atoms with Crippen LogP contribution in [0.25, 0.3) is 11.1 Å². The molecule has 3 aromatic carbocycles. The quantitative estimate of drug-likeness (QED) is 0.463. The van der Waals surface area contributed by atoms with Crippen molar-refractivity contribution in [2.75, 3.05) is 18.4 Å². The third-order valence-electron chi connectivity index (χ3n) is 5.81. The number of hydrogen-bond acceptors (Lipinski definition) is 5. The molecule has 2 N–H and O–H groups in total. The highest BCUT2D eigenvalue weighted by molar-refractivity contribution is 7.89. The van der Waals surface area contributed by atoms with Crippen molar-refractivity contribution in [3.05, 3.63) is 94.5 Å². The van der Waals surface area contributed by atoms with Gasteiger partial charge in [-0.1, -0.05) is 30.3 Å². The maximum Gasteiger partial charge on any atom is 0.417 e. The van der Waals surface area contributed by atoms with Crippen LogP contribution in [0.1, 0.15) is 11.5 Å². The van der Waals surface area contributed by atoms with Crippen molar-refractivity contribution < 1.29 is 21.6 Å². The second-order valence-electron chi connectivity index (χ2n) is 7.89. The molecule has 1 aliphatic rings. The summed E-state index contributed by atoms with van der Waals surface area (Å²) in [4.78, 5) is 13.9. The van der Waals surface area contributed by atoms with E-state index in [0.29, 0.717) is 5.69 Å². The molecule has 0 radical (unpaired) electrons. The van der Waals surface area contributed by atoms with Gasteiger partial charge in [-0.15, -0.1) is 0 Å². The zero-order valence-electron chi connectivity index (χ0n) is 17.2. The van der Waals surface area contributed by atoms with E-state index < -0.39 is 27.4 Å². The highest BCUT2D eigenvalue weighted by atomic mass is 32.2. The maximum atomic E-state index is 13.7. The van der Waals surface area contributed by atoms with Gasteiger partial charge in [0, 0.05) is 36.8 Å². The van der Waals surface area contributed by atoms with Crippen molar-refractivity contribution >= 4 is 26.8 Å². The molecule has 7 nitrogen and oxygen atoms in total. The molecule has 5 rings (SSSR count). The van der Waals surface area contributed by atoms with Crippen LogP contribution in [0.15, 0.2) is 80.8 Å². The molecule has 1 fully saturated rings. The molecule has 4 aromatic rings. The number of halogens is 2. The Hall–Kier alpha value is -3.50. The van der Waals surface area contributed by atoms with E-state index in [2.05, 4.69) is 10.3 Å². The lowest BCUT2D eigenvalue weighted by Gasteiger charge is -2.21. The highest BCUT2D eigenvalue weighted by Crippen LogP contribution is 2.34. The van der Waals surface area contributed by atoms with Crippen molar-refractivity contribution in [2.24, 2.45) is 0 Å². The number of nitrogens with one attached hydrogen (secondary N) is 2. The Balaban J connectivity index is 1.48. The number of fused-ring (bicyclic) bond motifs is 1. The first-order chi connectivity index (χ1) is 15.8. The average molecular weight is 471 g/mol. The monoisotopic (exact) mass is 471 g/mol. The van der Waals surface area contributed by atoms with Crippen LogP contribution >= 0.6 is 0 Å². The number of oxazole rings is 1. The van der Waals surface area contributed by atoms with Crippen molar-refractivity contribution in [1.82, 2.24) is 9.29 Å². The van der Waals surface area contributed by atoms with E-state index in [9.17, 15) is 22.0 Å². The summed E-state index contributed by atoms with van der Waals surface area (Å²) in [5.74, 6) is -2.84. The standard InChI is InChI=1S/C23H19F2N3O4S/c24-18-8-6-15(10-19(18)25)26-21-13-28(12-17(21)14-4-2-1-3-5-14)33(30,31)16-7-9-22-20(11-16)27-23(29)32-22/h1-11,17,21,26H,12-13H2,(H,27,29). The number of benzene rings is 3. The molecule has 0 aliphatic carbocycles. The molecule has 0 saturated carbocycles. The lowest BCUT2D eigenvalue weighted by atomic mass is 9.94. The number of H-pyrrole nitrogens is 1. The molecule has 170 valence electrons. The van der Waals surface area contributed by atoms with Gasteiger partial charge in [-0.05, 0) is 35.9 Å². The van der Waals surface area contributed by atoms with E-state index in [-0.39, 0.29) is 41.0 Å². The second-order valence-corrected chi connectivity index (χ2v) is 9.83. The fraction of sp³-hybridized carbons (Fsp3) is 0.174. The van der Waals surface area contributed by atoms with Gasteiger partial charge in [-0.2, -0.15) is 4.31 Å². The summed E-state index contributed by atoms with van der Waals surface area (Å²) in [6.45, 7) is 0.300. The summed E-state index contributed by atoms with van der Waals surface area (Å²) >= 11 is 0. The van der Waals surface area contributed by atoms with E-state index in [0.717, 1.165) is 17.7 Å². The average Bonchev–Trinajstić information content (AvgIpc) is 3.39. The van der Waals surface area contributed by atoms with Crippen molar-refractivity contribution in [2.45, 2.75) is 16.9 Å². The van der Waals surface area contributed by atoms with Crippen molar-refractivity contribution in [3.63, 3.8) is 0 Å². The summed E-state index contributed by atoms with van der Waals surface area (Å²) < 4.78 is 60.2. The van der Waals surface area contributed by atoms with Crippen LogP contribution in [0.3, 0.4) is 0 Å². The lowest BCUT2D eigenvalue weighted by molar-refractivity contribution is 0.471. The van der Waals surface area contributed by atoms with Gasteiger partial charge in [0.05, 0.1) is 10.4 Å². The van der Waals surface area contributed by atoms with Crippen LogP contribution in [0.2, 0.25) is 0 Å². The van der Waals surface area contributed by atoms with Gasteiger partial charge in [-0.25, -0.2) is 22.0 Å². The Morgan fingerprint density at radius 3 is 2.52 bits per heavy atom. The molecule has 0 bridgehead atoms. The molecule has 1 saturated heterocycles. The molecular formula is C23H19F2N3O4S. The first-order valence-electron chi connectivity index (χ1n) is 10.2. The lowest BCUT2D eigenvalue weighted by Crippen LogP contribution is -2.32. The minimum absolute atomic E-state index is 0.0207. The topological polar surface area (TPSA) is 95.4 Å². The predicted octanol–water partition coefficient (Wildman–Crippen LogP) is 3.67. The van der Waals surface area contributed by atoms with Gasteiger partial charge in [0.25, 0.3) is 0 Å². The number of aromatic amines is 1. The van der Waals surface area contributed by atoms with E-state index in [4.69, 9.17) is 4.42 Å². The number of anilines is 1. The van der Waals surface area contributed by atoms with Gasteiger partial charge in [0.1, 0.15) is 0 Å². The molecule has 10 heteroatoms. The van der Waals surface area contributed by atoms with Crippen LogP contribution < -0.4 is 11.1 Å². The molecule has 2 heterocycles. The van der Waals surface area contributed by atoms with E-state index in [1.807, 2.05) is 30.3 Å². The Bertz CT molecular complexity index is 1480. The van der Waals surface area contributed by atoms with Gasteiger partial charge >= 0.3 is 5.76 Å². The number of nitrogens with zero attached hydrogens (tertiary/aromatic N) is 1. The smallest absolute Gasteiger partial charge is 0.408 e. The van der Waals surface area contributed by atoms with Crippen molar-refractivity contribution in [1.29, 1.82) is 0 Å². The molecule has 0 amide bonds. The molecule has 2 atom stereocenters. The minimum atomic E-state index is -3.91. The third kappa shape index (κ3) is 4.03. The molecule has 2 unspecified atom stereocenters. The van der Waals surface area contributed by atoms with Gasteiger partial charge in [0.15, 0.2) is 17.2 Å². The summed E-state index contributed by atoms with van der Waals surface area (Å²) in [5, 5.41) is 3.17. The molecule has 1 aromatic heterocycles. The summed E-state index contributed by atoms with van der Waals surface area (Å²) in [6, 6.07) is 16.7. The van der Waals surface area contributed by atoms with E-state index in [1.54, 1.807) is 0 Å². The normalized spacial score (nSPS) is 19.2. The van der Waals surface area contributed by atoms with E-state index >= 15 is 0 Å². The summed E-state index contributed by atoms with van der Waals surface area (Å²) in [6.07, 6.45) is 0. The van der Waals surface area contributed by atoms with Gasteiger partial charge in [-0.3, -0.25) is 4.98 Å². The highest BCUT2D eigenvalue weighted by Gasteiger charge is 2.40. The molecule has 0 spiro atoms. The van der Waals surface area contributed by atoms with Crippen LogP contribution in [0.5, 0.6) is 0 Å². The summed E-state index contributed by atoms with van der Waals surface area (Å²) in [7, 11) is -3.91. The zero-order valence-corrected chi connectivity index (χ0v) is 18.0. The van der Waals surface area contributed by atoms with Crippen molar-refractivity contribution in [3.8, 4) is 0 Å². The summed E-state index contributed by atoms with van der Waals surface area (Å²) in [5.41, 5.74) is 1.83. The maximum absolute atomic E-state index is 13.7. The minimum Gasteiger partial charge on any atom is -0.408 e. The molecule has 33 heavy (non-hydrogen) atoms. The Morgan fingerprint density at radius 2 is 1.76 bits per heavy atom. The fourth-order valence-electron chi connectivity index (χ4n) is 4.19. The largest absolute Gasteiger partial charge is 0.417 e. The first-order valence-corrected chi connectivity index (χ1v) is 11.6. The number of sulfonamides is 1. The Morgan fingerprint density at radius 1 is 0.970 bits per heavy atom. The predicted molar refractivity (Wildman–Crippen MR) is 119 cm³/mol. The number of rotatable bonds is 5. The van der Waals surface area contributed by atoms with Crippen LogP contribution in [-0.4, -0.2) is 36.8 Å². The number of hydrogen-bond donors (Lipinski definition) is 2. The fourth-order valence-corrected chi connectivity index (χ4v) is 5.71. The SMILES string of the molecule is O=c1[nH]c2cc(S(=O)(=O)N3CC(Nc4ccc(F)c(F)c4)C(c4ccccc4)C3)ccc2o1. The molecule has 1 aliphatic heterocycles. The van der Waals surface area contributed by atoms with Gasteiger partial charge < -0.3 is 9.73 Å². The zero-order chi connectivity index (χ0) is 23.2. The number of aromatic nitrogens is 1. The Kier molecular flexibility index (Phi) is 5.26. The second kappa shape index (κ2) is 8.13. The van der Waals surface area contributed by atoms with E-state index in [1.165, 1.54) is 28.6 Å². The van der Waals surface area contributed by atoms with Crippen LogP contribution in [0, 0.1) is 11.6 Å². The molecular weight excluding hydrogens is 452 g/mol. The van der Waals surface area contributed by atoms with Crippen LogP contribution in [0.4, 0.5) is 14.5 Å². The van der Waals surface area contributed by atoms with Crippen LogP contribution in [-0.2, 0) is 10.0 Å². The first kappa shape index (κ1) is 21.4. The third-order valence-corrected chi connectivity index (χ3v) is 7.64. The van der Waals surface area contributed by atoms with Gasteiger partial charge in [0.2, 0.25) is 10.0 Å². The Labute approximate surface area is 187 Å².